The number of methoxy groups -OCH3 is 1. The van der Waals surface area contributed by atoms with Gasteiger partial charge in [0.1, 0.15) is 16.3 Å². The van der Waals surface area contributed by atoms with Crippen molar-refractivity contribution in [3.63, 3.8) is 0 Å². The van der Waals surface area contributed by atoms with E-state index in [9.17, 15) is 4.79 Å². The van der Waals surface area contributed by atoms with Gasteiger partial charge in [0, 0.05) is 10.4 Å². The van der Waals surface area contributed by atoms with E-state index < -0.39 is 0 Å². The lowest BCUT2D eigenvalue weighted by Gasteiger charge is -2.18. The fourth-order valence-corrected chi connectivity index (χ4v) is 4.73. The van der Waals surface area contributed by atoms with Gasteiger partial charge in [0.2, 0.25) is 0 Å². The summed E-state index contributed by atoms with van der Waals surface area (Å²) < 4.78 is 10.7. The van der Waals surface area contributed by atoms with Gasteiger partial charge in [0.05, 0.1) is 19.8 Å². The Morgan fingerprint density at radius 1 is 1.16 bits per heavy atom. The SMILES string of the molecule is CCOC(=O)c1c(NC(=S)NC(C)c2cccc(OC)c2)sc(C)c1-c1ccccc1. The second kappa shape index (κ2) is 10.4. The maximum atomic E-state index is 12.8. The van der Waals surface area contributed by atoms with E-state index in [0.29, 0.717) is 22.3 Å². The average molecular weight is 455 g/mol. The molecule has 0 aliphatic heterocycles. The van der Waals surface area contributed by atoms with Crippen LogP contribution < -0.4 is 15.4 Å². The van der Waals surface area contributed by atoms with Gasteiger partial charge in [-0.25, -0.2) is 4.79 Å². The predicted octanol–water partition coefficient (Wildman–Crippen LogP) is 5.96. The van der Waals surface area contributed by atoms with E-state index in [4.69, 9.17) is 21.7 Å². The molecule has 0 bridgehead atoms. The molecule has 3 aromatic rings. The number of aryl methyl sites for hydroxylation is 1. The lowest BCUT2D eigenvalue weighted by Crippen LogP contribution is -2.31. The molecule has 5 nitrogen and oxygen atoms in total. The summed E-state index contributed by atoms with van der Waals surface area (Å²) in [6.45, 7) is 6.12. The summed E-state index contributed by atoms with van der Waals surface area (Å²) in [7, 11) is 1.64. The molecule has 1 unspecified atom stereocenters. The Labute approximate surface area is 192 Å². The van der Waals surface area contributed by atoms with Crippen molar-refractivity contribution in [2.45, 2.75) is 26.8 Å². The molecule has 0 aliphatic carbocycles. The van der Waals surface area contributed by atoms with E-state index in [1.54, 1.807) is 14.0 Å². The molecule has 0 radical (unpaired) electrons. The van der Waals surface area contributed by atoms with Gasteiger partial charge in [0.15, 0.2) is 5.11 Å². The molecule has 2 aromatic carbocycles. The number of esters is 1. The molecule has 0 amide bonds. The number of hydrogen-bond donors (Lipinski definition) is 2. The number of thiophene rings is 1. The van der Waals surface area contributed by atoms with Crippen molar-refractivity contribution in [2.24, 2.45) is 0 Å². The van der Waals surface area contributed by atoms with Gasteiger partial charge in [-0.15, -0.1) is 11.3 Å². The van der Waals surface area contributed by atoms with Crippen LogP contribution in [0.25, 0.3) is 11.1 Å². The maximum absolute atomic E-state index is 12.8. The van der Waals surface area contributed by atoms with Crippen LogP contribution >= 0.6 is 23.6 Å². The summed E-state index contributed by atoms with van der Waals surface area (Å²) >= 11 is 7.04. The van der Waals surface area contributed by atoms with E-state index in [-0.39, 0.29) is 12.0 Å². The van der Waals surface area contributed by atoms with Crippen LogP contribution in [0.3, 0.4) is 0 Å². The lowest BCUT2D eigenvalue weighted by molar-refractivity contribution is 0.0529. The van der Waals surface area contributed by atoms with Gasteiger partial charge >= 0.3 is 5.97 Å². The van der Waals surface area contributed by atoms with Crippen LogP contribution in [0.15, 0.2) is 54.6 Å². The minimum Gasteiger partial charge on any atom is -0.497 e. The first-order valence-corrected chi connectivity index (χ1v) is 11.2. The van der Waals surface area contributed by atoms with E-state index in [1.807, 2.05) is 68.4 Å². The second-order valence-electron chi connectivity index (χ2n) is 6.92. The predicted molar refractivity (Wildman–Crippen MR) is 131 cm³/mol. The van der Waals surface area contributed by atoms with Crippen LogP contribution in [0.1, 0.15) is 40.7 Å². The maximum Gasteiger partial charge on any atom is 0.341 e. The molecule has 162 valence electrons. The number of anilines is 1. The zero-order valence-corrected chi connectivity index (χ0v) is 19.7. The van der Waals surface area contributed by atoms with Crippen molar-refractivity contribution in [3.05, 3.63) is 70.6 Å². The summed E-state index contributed by atoms with van der Waals surface area (Å²) in [6.07, 6.45) is 0. The number of nitrogens with one attached hydrogen (secondary N) is 2. The van der Waals surface area contributed by atoms with Crippen molar-refractivity contribution in [1.29, 1.82) is 0 Å². The van der Waals surface area contributed by atoms with Gasteiger partial charge in [0.25, 0.3) is 0 Å². The summed E-state index contributed by atoms with van der Waals surface area (Å²) in [5.74, 6) is 0.424. The first-order chi connectivity index (χ1) is 14.9. The Morgan fingerprint density at radius 3 is 2.58 bits per heavy atom. The molecule has 2 N–H and O–H groups in total. The number of carbonyl (C=O) groups is 1. The molecule has 31 heavy (non-hydrogen) atoms. The first-order valence-electron chi connectivity index (χ1n) is 10.0. The molecule has 1 heterocycles. The smallest absolute Gasteiger partial charge is 0.341 e. The summed E-state index contributed by atoms with van der Waals surface area (Å²) in [6, 6.07) is 17.6. The molecular weight excluding hydrogens is 428 g/mol. The first kappa shape index (κ1) is 22.8. The third kappa shape index (κ3) is 5.42. The molecule has 0 saturated carbocycles. The Hall–Kier alpha value is -2.90. The normalized spacial score (nSPS) is 11.5. The molecule has 7 heteroatoms. The quantitative estimate of drug-likeness (QED) is 0.339. The van der Waals surface area contributed by atoms with Crippen molar-refractivity contribution in [3.8, 4) is 16.9 Å². The van der Waals surface area contributed by atoms with Crippen molar-refractivity contribution in [1.82, 2.24) is 5.32 Å². The standard InChI is InChI=1S/C24H26N2O3S2/c1-5-29-23(27)21-20(17-10-7-6-8-11-17)16(3)31-22(21)26-24(30)25-15(2)18-12-9-13-19(14-18)28-4/h6-15H,5H2,1-4H3,(H2,25,26,30). The van der Waals surface area contributed by atoms with Gasteiger partial charge in [-0.1, -0.05) is 42.5 Å². The van der Waals surface area contributed by atoms with Crippen LogP contribution in [-0.4, -0.2) is 24.8 Å². The number of carbonyl (C=O) groups excluding carboxylic acids is 1. The van der Waals surface area contributed by atoms with Crippen molar-refractivity contribution < 1.29 is 14.3 Å². The van der Waals surface area contributed by atoms with E-state index >= 15 is 0 Å². The monoisotopic (exact) mass is 454 g/mol. The largest absolute Gasteiger partial charge is 0.497 e. The second-order valence-corrected chi connectivity index (χ2v) is 8.55. The van der Waals surface area contributed by atoms with Crippen LogP contribution in [0, 0.1) is 6.92 Å². The molecule has 1 atom stereocenters. The van der Waals surface area contributed by atoms with Gasteiger partial charge in [-0.2, -0.15) is 0 Å². The fourth-order valence-electron chi connectivity index (χ4n) is 3.31. The zero-order valence-electron chi connectivity index (χ0n) is 18.0. The molecule has 0 saturated heterocycles. The summed E-state index contributed by atoms with van der Waals surface area (Å²) in [5, 5.41) is 7.60. The molecule has 0 spiro atoms. The number of ether oxygens (including phenoxy) is 2. The Kier molecular flexibility index (Phi) is 7.65. The molecule has 1 aromatic heterocycles. The van der Waals surface area contributed by atoms with Crippen LogP contribution in [0.4, 0.5) is 5.00 Å². The van der Waals surface area contributed by atoms with Gasteiger partial charge in [-0.05, 0) is 56.2 Å². The fraction of sp³-hybridized carbons (Fsp3) is 0.250. The van der Waals surface area contributed by atoms with Crippen LogP contribution in [-0.2, 0) is 4.74 Å². The van der Waals surface area contributed by atoms with E-state index in [1.165, 1.54) is 11.3 Å². The number of thiocarbonyl (C=S) groups is 1. The summed E-state index contributed by atoms with van der Waals surface area (Å²) in [4.78, 5) is 13.8. The third-order valence-electron chi connectivity index (χ3n) is 4.79. The highest BCUT2D eigenvalue weighted by atomic mass is 32.1. The number of rotatable bonds is 7. The van der Waals surface area contributed by atoms with Crippen LogP contribution in [0.5, 0.6) is 5.75 Å². The van der Waals surface area contributed by atoms with Crippen molar-refractivity contribution in [2.75, 3.05) is 19.0 Å². The van der Waals surface area contributed by atoms with Gasteiger partial charge in [-0.3, -0.25) is 0 Å². The van der Waals surface area contributed by atoms with Crippen LogP contribution in [0.2, 0.25) is 0 Å². The Balaban J connectivity index is 1.86. The van der Waals surface area contributed by atoms with Gasteiger partial charge < -0.3 is 20.1 Å². The molecule has 3 rings (SSSR count). The lowest BCUT2D eigenvalue weighted by atomic mass is 10.0. The topological polar surface area (TPSA) is 59.6 Å². The highest BCUT2D eigenvalue weighted by molar-refractivity contribution is 7.80. The zero-order chi connectivity index (χ0) is 22.4. The number of hydrogen-bond acceptors (Lipinski definition) is 5. The van der Waals surface area contributed by atoms with E-state index in [0.717, 1.165) is 27.3 Å². The Bertz CT molecular complexity index is 1060. The minimum absolute atomic E-state index is 0.0456. The molecule has 0 fully saturated rings. The van der Waals surface area contributed by atoms with Crippen molar-refractivity contribution >= 4 is 39.6 Å². The minimum atomic E-state index is -0.364. The summed E-state index contributed by atoms with van der Waals surface area (Å²) in [5.41, 5.74) is 3.39. The number of benzene rings is 2. The third-order valence-corrected chi connectivity index (χ3v) is 6.04. The highest BCUT2D eigenvalue weighted by Gasteiger charge is 2.25. The Morgan fingerprint density at radius 2 is 1.90 bits per heavy atom. The molecular formula is C24H26N2O3S2. The molecule has 0 aliphatic rings. The highest BCUT2D eigenvalue weighted by Crippen LogP contribution is 2.40. The van der Waals surface area contributed by atoms with E-state index in [2.05, 4.69) is 10.6 Å². The average Bonchev–Trinajstić information content (AvgIpc) is 3.09.